The van der Waals surface area contributed by atoms with E-state index in [1.807, 2.05) is 0 Å². The molecule has 11 heteroatoms. The Kier molecular flexibility index (Phi) is 6.90. The third-order valence-corrected chi connectivity index (χ3v) is 2.63. The van der Waals surface area contributed by atoms with Gasteiger partial charge in [-0.2, -0.15) is 0 Å². The molecule has 1 aliphatic rings. The summed E-state index contributed by atoms with van der Waals surface area (Å²) in [6.45, 7) is 8.45. The fourth-order valence-corrected chi connectivity index (χ4v) is 1.69. The molecule has 0 aromatic carbocycles. The van der Waals surface area contributed by atoms with Crippen molar-refractivity contribution in [2.75, 3.05) is 6.61 Å². The van der Waals surface area contributed by atoms with Crippen LogP contribution in [0.1, 0.15) is 54.4 Å². The fraction of sp³-hybridized carbons (Fsp3) is 0.688. The van der Waals surface area contributed by atoms with Gasteiger partial charge in [0.2, 0.25) is 0 Å². The third-order valence-electron chi connectivity index (χ3n) is 2.63. The molecule has 11 nitrogen and oxygen atoms in total. The Morgan fingerprint density at radius 1 is 0.889 bits per heavy atom. The monoisotopic (exact) mass is 388 g/mol. The molecule has 0 aromatic heterocycles. The van der Waals surface area contributed by atoms with E-state index in [4.69, 9.17) is 14.3 Å². The summed E-state index contributed by atoms with van der Waals surface area (Å²) in [4.78, 5) is 68.4. The Labute approximate surface area is 156 Å². The molecular formula is C16H24N2O9. The zero-order chi connectivity index (χ0) is 21.0. The zero-order valence-corrected chi connectivity index (χ0v) is 16.2. The van der Waals surface area contributed by atoms with Crippen molar-refractivity contribution in [1.29, 1.82) is 0 Å². The number of ether oxygens (including phenoxy) is 2. The summed E-state index contributed by atoms with van der Waals surface area (Å²) in [6.07, 6.45) is -2.57. The summed E-state index contributed by atoms with van der Waals surface area (Å²) in [6, 6.07) is 0. The van der Waals surface area contributed by atoms with Crippen LogP contribution in [0, 0.1) is 0 Å². The van der Waals surface area contributed by atoms with E-state index < -0.39 is 47.8 Å². The first-order valence-corrected chi connectivity index (χ1v) is 8.15. The van der Waals surface area contributed by atoms with Crippen LogP contribution in [0.4, 0.5) is 9.59 Å². The van der Waals surface area contributed by atoms with Crippen molar-refractivity contribution in [3.63, 3.8) is 0 Å². The number of carbonyl (C=O) groups excluding carboxylic acids is 5. The van der Waals surface area contributed by atoms with Crippen molar-refractivity contribution < 1.29 is 43.1 Å². The lowest BCUT2D eigenvalue weighted by molar-refractivity contribution is -0.208. The Hall–Kier alpha value is -2.69. The highest BCUT2D eigenvalue weighted by molar-refractivity contribution is 6.01. The van der Waals surface area contributed by atoms with Gasteiger partial charge < -0.3 is 14.3 Å². The Bertz CT molecular complexity index is 587. The maximum Gasteiger partial charge on any atom is 0.444 e. The van der Waals surface area contributed by atoms with Crippen molar-refractivity contribution >= 4 is 30.0 Å². The van der Waals surface area contributed by atoms with Crippen molar-refractivity contribution in [3.05, 3.63) is 0 Å². The highest BCUT2D eigenvalue weighted by Crippen LogP contribution is 2.16. The predicted molar refractivity (Wildman–Crippen MR) is 87.4 cm³/mol. The van der Waals surface area contributed by atoms with E-state index in [1.165, 1.54) is 0 Å². The summed E-state index contributed by atoms with van der Waals surface area (Å²) >= 11 is 0. The van der Waals surface area contributed by atoms with Crippen LogP contribution in [-0.2, 0) is 33.5 Å². The van der Waals surface area contributed by atoms with Crippen LogP contribution in [0.15, 0.2) is 0 Å². The number of imide groups is 2. The van der Waals surface area contributed by atoms with Crippen LogP contribution >= 0.6 is 0 Å². The molecule has 1 fully saturated rings. The van der Waals surface area contributed by atoms with Gasteiger partial charge in [-0.1, -0.05) is 5.06 Å². The number of rotatable bonds is 4. The van der Waals surface area contributed by atoms with Gasteiger partial charge in [0.25, 0.3) is 11.8 Å². The summed E-state index contributed by atoms with van der Waals surface area (Å²) < 4.78 is 10.1. The second kappa shape index (κ2) is 8.33. The second-order valence-corrected chi connectivity index (χ2v) is 7.57. The summed E-state index contributed by atoms with van der Waals surface area (Å²) in [7, 11) is 0. The summed E-state index contributed by atoms with van der Waals surface area (Å²) in [5.41, 5.74) is -1.90. The first kappa shape index (κ1) is 22.4. The Morgan fingerprint density at radius 2 is 1.30 bits per heavy atom. The predicted octanol–water partition coefficient (Wildman–Crippen LogP) is 1.70. The average molecular weight is 388 g/mol. The van der Waals surface area contributed by atoms with E-state index in [1.54, 1.807) is 41.5 Å². The lowest BCUT2D eigenvalue weighted by Crippen LogP contribution is -2.45. The maximum absolute atomic E-state index is 12.2. The topological polar surface area (TPSA) is 129 Å². The SMILES string of the molecule is CC(C)(C)OC(=O)N(OCC(=O)ON1C(=O)CCC1=O)C(=O)OC(C)(C)C. The number of hydroxylamine groups is 4. The summed E-state index contributed by atoms with van der Waals surface area (Å²) in [5.74, 6) is -2.52. The number of hydrogen-bond acceptors (Lipinski definition) is 9. The van der Waals surface area contributed by atoms with Gasteiger partial charge in [0, 0.05) is 12.8 Å². The fourth-order valence-electron chi connectivity index (χ4n) is 1.69. The van der Waals surface area contributed by atoms with Gasteiger partial charge in [0.15, 0.2) is 6.61 Å². The molecule has 0 radical (unpaired) electrons. The van der Waals surface area contributed by atoms with E-state index in [-0.39, 0.29) is 17.9 Å². The Balaban J connectivity index is 2.76. The van der Waals surface area contributed by atoms with Crippen LogP contribution in [-0.4, -0.2) is 57.9 Å². The molecule has 0 saturated carbocycles. The smallest absolute Gasteiger partial charge is 0.442 e. The minimum atomic E-state index is -1.21. The van der Waals surface area contributed by atoms with Gasteiger partial charge in [-0.05, 0) is 41.5 Å². The van der Waals surface area contributed by atoms with Crippen molar-refractivity contribution in [3.8, 4) is 0 Å². The zero-order valence-electron chi connectivity index (χ0n) is 16.2. The quantitative estimate of drug-likeness (QED) is 0.522. The molecule has 27 heavy (non-hydrogen) atoms. The Morgan fingerprint density at radius 3 is 1.67 bits per heavy atom. The number of amides is 4. The molecule has 1 aliphatic heterocycles. The molecule has 1 heterocycles. The lowest BCUT2D eigenvalue weighted by atomic mass is 10.2. The van der Waals surface area contributed by atoms with Crippen LogP contribution in [0.2, 0.25) is 0 Å². The first-order valence-electron chi connectivity index (χ1n) is 8.15. The van der Waals surface area contributed by atoms with Crippen molar-refractivity contribution in [1.82, 2.24) is 10.1 Å². The normalized spacial score (nSPS) is 14.8. The summed E-state index contributed by atoms with van der Waals surface area (Å²) in [5, 5.41) is 0.447. The highest BCUT2D eigenvalue weighted by atomic mass is 16.8. The lowest BCUT2D eigenvalue weighted by Gasteiger charge is -2.27. The first-order chi connectivity index (χ1) is 12.2. The molecule has 0 atom stereocenters. The van der Waals surface area contributed by atoms with Crippen LogP contribution in [0.25, 0.3) is 0 Å². The van der Waals surface area contributed by atoms with Gasteiger partial charge >= 0.3 is 18.2 Å². The van der Waals surface area contributed by atoms with Gasteiger partial charge in [0.1, 0.15) is 11.2 Å². The van der Waals surface area contributed by atoms with Crippen molar-refractivity contribution in [2.24, 2.45) is 0 Å². The molecular weight excluding hydrogens is 364 g/mol. The van der Waals surface area contributed by atoms with Gasteiger partial charge in [-0.15, -0.1) is 5.06 Å². The standard InChI is InChI=1S/C16H24N2O9/c1-15(2,3)25-13(22)18(14(23)26-16(4,5)6)24-9-12(21)27-17-10(19)7-8-11(17)20/h7-9H2,1-6H3. The minimum absolute atomic E-state index is 0.0745. The van der Waals surface area contributed by atoms with Crippen molar-refractivity contribution in [2.45, 2.75) is 65.6 Å². The van der Waals surface area contributed by atoms with Gasteiger partial charge in [-0.3, -0.25) is 9.59 Å². The molecule has 4 amide bonds. The van der Waals surface area contributed by atoms with Crippen LogP contribution in [0.3, 0.4) is 0 Å². The highest BCUT2D eigenvalue weighted by Gasteiger charge is 2.35. The molecule has 1 rings (SSSR count). The molecule has 0 spiro atoms. The molecule has 152 valence electrons. The van der Waals surface area contributed by atoms with E-state index in [9.17, 15) is 24.0 Å². The molecule has 0 N–H and O–H groups in total. The van der Waals surface area contributed by atoms with E-state index in [0.717, 1.165) is 0 Å². The maximum atomic E-state index is 12.2. The number of carbonyl (C=O) groups is 5. The van der Waals surface area contributed by atoms with E-state index >= 15 is 0 Å². The third kappa shape index (κ3) is 7.60. The van der Waals surface area contributed by atoms with E-state index in [0.29, 0.717) is 5.06 Å². The molecule has 1 saturated heterocycles. The number of nitrogens with zero attached hydrogens (tertiary/aromatic N) is 2. The van der Waals surface area contributed by atoms with Gasteiger partial charge in [0.05, 0.1) is 0 Å². The second-order valence-electron chi connectivity index (χ2n) is 7.57. The van der Waals surface area contributed by atoms with Gasteiger partial charge in [-0.25, -0.2) is 19.2 Å². The van der Waals surface area contributed by atoms with Crippen LogP contribution in [0.5, 0.6) is 0 Å². The molecule has 0 aromatic rings. The van der Waals surface area contributed by atoms with Crippen LogP contribution < -0.4 is 0 Å². The number of hydrogen-bond donors (Lipinski definition) is 0. The average Bonchev–Trinajstić information content (AvgIpc) is 2.75. The molecule has 0 unspecified atom stereocenters. The molecule has 0 bridgehead atoms. The minimum Gasteiger partial charge on any atom is -0.442 e. The molecule has 0 aliphatic carbocycles. The largest absolute Gasteiger partial charge is 0.444 e. The van der Waals surface area contributed by atoms with E-state index in [2.05, 4.69) is 4.84 Å².